The first-order valence-corrected chi connectivity index (χ1v) is 9.19. The van der Waals surface area contributed by atoms with Crippen molar-refractivity contribution in [3.63, 3.8) is 0 Å². The average Bonchev–Trinajstić information content (AvgIpc) is 2.88. The summed E-state index contributed by atoms with van der Waals surface area (Å²) in [5.74, 6) is 1.85. The van der Waals surface area contributed by atoms with Gasteiger partial charge in [0.25, 0.3) is 0 Å². The first kappa shape index (κ1) is 15.2. The summed E-state index contributed by atoms with van der Waals surface area (Å²) in [5, 5.41) is 6.32. The maximum Gasteiger partial charge on any atom is 0.392 e. The van der Waals surface area contributed by atoms with E-state index in [4.69, 9.17) is 9.29 Å². The Bertz CT molecular complexity index is 623. The van der Waals surface area contributed by atoms with Crippen LogP contribution in [0.5, 0.6) is 0 Å². The molecule has 0 aromatic rings. The van der Waals surface area contributed by atoms with Crippen LogP contribution in [0.4, 0.5) is 8.78 Å². The fourth-order valence-corrected chi connectivity index (χ4v) is 6.41. The molecule has 4 saturated carbocycles. The predicted octanol–water partition coefficient (Wildman–Crippen LogP) is 1.53. The van der Waals surface area contributed by atoms with Gasteiger partial charge in [-0.1, -0.05) is 6.92 Å². The third-order valence-corrected chi connectivity index (χ3v) is 7.99. The Labute approximate surface area is 127 Å². The third kappa shape index (κ3) is 1.46. The molecule has 0 amide bonds. The van der Waals surface area contributed by atoms with Gasteiger partial charge in [-0.25, -0.2) is 0 Å². The van der Waals surface area contributed by atoms with Crippen LogP contribution in [-0.2, 0) is 14.9 Å². The van der Waals surface area contributed by atoms with Crippen LogP contribution in [0.2, 0.25) is 0 Å². The van der Waals surface area contributed by atoms with Gasteiger partial charge in [0.05, 0.1) is 12.2 Å². The molecule has 1 spiro atoms. The highest BCUT2D eigenvalue weighted by Gasteiger charge is 2.91. The second-order valence-corrected chi connectivity index (χ2v) is 9.00. The van der Waals surface area contributed by atoms with E-state index in [-0.39, 0.29) is 17.9 Å². The van der Waals surface area contributed by atoms with Crippen LogP contribution >= 0.6 is 0 Å². The van der Waals surface area contributed by atoms with E-state index in [1.165, 1.54) is 0 Å². The standard InChI is InChI=1S/C14H20F2O5S/c1-2-13(17)10-3-7-9(8-4-12(10,13)11(7)8)5-21-6-14(15,16)22(18,19)20/h7-11,17H,2-6H2,1H3,(H,18,19,20). The Balaban J connectivity index is 1.33. The minimum absolute atomic E-state index is 0.0892. The molecule has 0 aromatic carbocycles. The number of aliphatic hydroxyl groups is 1. The molecule has 22 heavy (non-hydrogen) atoms. The molecule has 0 heterocycles. The number of hydrogen-bond donors (Lipinski definition) is 2. The molecule has 7 unspecified atom stereocenters. The van der Waals surface area contributed by atoms with Gasteiger partial charge in [-0.05, 0) is 48.9 Å². The molecule has 4 aliphatic carbocycles. The van der Waals surface area contributed by atoms with E-state index in [1.807, 2.05) is 6.92 Å². The lowest BCUT2D eigenvalue weighted by molar-refractivity contribution is -0.199. The van der Waals surface area contributed by atoms with Crippen molar-refractivity contribution in [2.45, 2.75) is 37.0 Å². The molecule has 0 bridgehead atoms. The van der Waals surface area contributed by atoms with Gasteiger partial charge in [-0.15, -0.1) is 0 Å². The molecule has 0 aromatic heterocycles. The smallest absolute Gasteiger partial charge is 0.389 e. The second kappa shape index (κ2) is 4.02. The topological polar surface area (TPSA) is 83.8 Å². The van der Waals surface area contributed by atoms with Gasteiger partial charge in [-0.3, -0.25) is 4.55 Å². The van der Waals surface area contributed by atoms with Gasteiger partial charge in [0.2, 0.25) is 0 Å². The minimum atomic E-state index is -5.42. The highest BCUT2D eigenvalue weighted by Crippen LogP contribution is 2.91. The van der Waals surface area contributed by atoms with E-state index < -0.39 is 27.6 Å². The zero-order valence-corrected chi connectivity index (χ0v) is 13.0. The number of alkyl halides is 2. The van der Waals surface area contributed by atoms with Gasteiger partial charge < -0.3 is 9.84 Å². The largest absolute Gasteiger partial charge is 0.392 e. The van der Waals surface area contributed by atoms with Gasteiger partial charge in [0, 0.05) is 5.41 Å². The van der Waals surface area contributed by atoms with E-state index in [1.54, 1.807) is 0 Å². The van der Waals surface area contributed by atoms with Crippen molar-refractivity contribution in [2.24, 2.45) is 35.0 Å². The van der Waals surface area contributed by atoms with Crippen molar-refractivity contribution in [3.8, 4) is 0 Å². The van der Waals surface area contributed by atoms with Crippen molar-refractivity contribution in [1.29, 1.82) is 0 Å². The molecule has 8 heteroatoms. The lowest BCUT2D eigenvalue weighted by atomic mass is 9.42. The maximum absolute atomic E-state index is 13.1. The summed E-state index contributed by atoms with van der Waals surface area (Å²) in [6, 6.07) is 0. The Kier molecular flexibility index (Phi) is 2.78. The fraction of sp³-hybridized carbons (Fsp3) is 1.00. The maximum atomic E-state index is 13.1. The quantitative estimate of drug-likeness (QED) is 0.718. The van der Waals surface area contributed by atoms with Crippen LogP contribution < -0.4 is 0 Å². The molecule has 126 valence electrons. The van der Waals surface area contributed by atoms with Crippen LogP contribution in [0.3, 0.4) is 0 Å². The molecule has 5 nitrogen and oxygen atoms in total. The van der Waals surface area contributed by atoms with E-state index >= 15 is 0 Å². The van der Waals surface area contributed by atoms with Gasteiger partial charge in [-0.2, -0.15) is 17.2 Å². The number of halogens is 2. The summed E-state index contributed by atoms with van der Waals surface area (Å²) in [6.45, 7) is 0.802. The predicted molar refractivity (Wildman–Crippen MR) is 71.7 cm³/mol. The molecule has 4 fully saturated rings. The Hall–Kier alpha value is -0.310. The number of hydrogen-bond acceptors (Lipinski definition) is 4. The summed E-state index contributed by atoms with van der Waals surface area (Å²) in [6.07, 6.45) is 2.63. The summed E-state index contributed by atoms with van der Waals surface area (Å²) in [4.78, 5) is 0. The number of ether oxygens (including phenoxy) is 1. The molecule has 0 saturated heterocycles. The van der Waals surface area contributed by atoms with Crippen LogP contribution in [0.1, 0.15) is 26.2 Å². The molecular formula is C14H20F2O5S. The molecule has 2 N–H and O–H groups in total. The van der Waals surface area contributed by atoms with Crippen molar-refractivity contribution >= 4 is 10.1 Å². The van der Waals surface area contributed by atoms with E-state index in [9.17, 15) is 22.3 Å². The zero-order chi connectivity index (χ0) is 16.1. The Morgan fingerprint density at radius 3 is 2.64 bits per heavy atom. The second-order valence-electron chi connectivity index (χ2n) is 7.46. The normalized spacial score (nSPS) is 51.6. The van der Waals surface area contributed by atoms with Crippen molar-refractivity contribution < 1.29 is 31.6 Å². The lowest BCUT2D eigenvalue weighted by Crippen LogP contribution is -2.61. The summed E-state index contributed by atoms with van der Waals surface area (Å²) >= 11 is 0. The minimum Gasteiger partial charge on any atom is -0.389 e. The summed E-state index contributed by atoms with van der Waals surface area (Å²) < 4.78 is 60.6. The van der Waals surface area contributed by atoms with E-state index in [0.717, 1.165) is 19.3 Å². The van der Waals surface area contributed by atoms with E-state index in [0.29, 0.717) is 23.7 Å². The van der Waals surface area contributed by atoms with Gasteiger partial charge in [0.15, 0.2) is 0 Å². The lowest BCUT2D eigenvalue weighted by Gasteiger charge is -2.63. The van der Waals surface area contributed by atoms with E-state index in [2.05, 4.69) is 0 Å². The van der Waals surface area contributed by atoms with Crippen LogP contribution in [0.15, 0.2) is 0 Å². The average molecular weight is 338 g/mol. The summed E-state index contributed by atoms with van der Waals surface area (Å²) in [7, 11) is -5.42. The van der Waals surface area contributed by atoms with Crippen LogP contribution in [0, 0.1) is 35.0 Å². The Morgan fingerprint density at radius 2 is 2.05 bits per heavy atom. The van der Waals surface area contributed by atoms with Crippen LogP contribution in [0.25, 0.3) is 0 Å². The molecule has 0 aliphatic heterocycles. The molecule has 0 radical (unpaired) electrons. The molecule has 4 aliphatic rings. The third-order valence-electron chi connectivity index (χ3n) is 7.12. The fourth-order valence-electron chi connectivity index (χ4n) is 6.18. The van der Waals surface area contributed by atoms with Crippen molar-refractivity contribution in [1.82, 2.24) is 0 Å². The van der Waals surface area contributed by atoms with Gasteiger partial charge in [0.1, 0.15) is 6.61 Å². The summed E-state index contributed by atoms with van der Waals surface area (Å²) in [5.41, 5.74) is -0.416. The van der Waals surface area contributed by atoms with Crippen molar-refractivity contribution in [2.75, 3.05) is 13.2 Å². The first-order chi connectivity index (χ1) is 10.1. The first-order valence-electron chi connectivity index (χ1n) is 7.75. The van der Waals surface area contributed by atoms with Gasteiger partial charge >= 0.3 is 15.4 Å². The molecule has 7 atom stereocenters. The Morgan fingerprint density at radius 1 is 1.36 bits per heavy atom. The number of rotatable bonds is 6. The highest BCUT2D eigenvalue weighted by molar-refractivity contribution is 7.86. The zero-order valence-electron chi connectivity index (χ0n) is 12.2. The monoisotopic (exact) mass is 338 g/mol. The SMILES string of the molecule is CCC1(O)C2CC3C(COCC(F)(F)S(=O)(=O)O)C4CC21C34. The van der Waals surface area contributed by atoms with Crippen molar-refractivity contribution in [3.05, 3.63) is 0 Å². The molecular weight excluding hydrogens is 318 g/mol. The molecule has 4 rings (SSSR count). The highest BCUT2D eigenvalue weighted by atomic mass is 32.2. The van der Waals surface area contributed by atoms with Crippen LogP contribution in [-0.4, -0.2) is 42.1 Å².